The van der Waals surface area contributed by atoms with Crippen LogP contribution in [-0.4, -0.2) is 65.4 Å². The van der Waals surface area contributed by atoms with Crippen LogP contribution in [0.2, 0.25) is 0 Å². The van der Waals surface area contributed by atoms with Crippen LogP contribution in [0.1, 0.15) is 333 Å². The van der Waals surface area contributed by atoms with E-state index in [2.05, 4.69) is 313 Å². The van der Waals surface area contributed by atoms with Crippen LogP contribution in [-0.2, 0) is 25.7 Å². The van der Waals surface area contributed by atoms with Gasteiger partial charge in [-0.05, 0) is 273 Å². The Hall–Kier alpha value is -9.58. The van der Waals surface area contributed by atoms with Gasteiger partial charge in [-0.3, -0.25) is 0 Å². The van der Waals surface area contributed by atoms with Crippen molar-refractivity contribution in [3.63, 3.8) is 0 Å². The van der Waals surface area contributed by atoms with Gasteiger partial charge in [-0.15, -0.1) is 18.7 Å². The third kappa shape index (κ3) is 23.0. The van der Waals surface area contributed by atoms with Crippen molar-refractivity contribution in [2.45, 2.75) is 297 Å². The molecule has 12 nitrogen and oxygen atoms in total. The van der Waals surface area contributed by atoms with Crippen LogP contribution in [0, 0.1) is 0 Å². The summed E-state index contributed by atoms with van der Waals surface area (Å²) in [6.45, 7) is 8.93. The average molecular weight is 1850 g/mol. The molecule has 0 aliphatic carbocycles. The van der Waals surface area contributed by atoms with Gasteiger partial charge in [-0.1, -0.05) is 315 Å². The molecular weight excluding hydrogens is 1710 g/mol. The first-order valence-corrected chi connectivity index (χ1v) is 49.9. The molecular formula is C117H138CsN8O4+3. The van der Waals surface area contributed by atoms with Crippen molar-refractivity contribution in [2.75, 3.05) is 0 Å². The molecule has 0 amide bonds. The Kier molecular flexibility index (Phi) is 36.0. The molecule has 668 valence electrons. The molecule has 8 aromatic rings. The summed E-state index contributed by atoms with van der Waals surface area (Å²) in [6, 6.07) is 60.7. The summed E-state index contributed by atoms with van der Waals surface area (Å²) in [5.74, 6) is 9.62. The second kappa shape index (κ2) is 49.2. The van der Waals surface area contributed by atoms with Crippen LogP contribution in [0.15, 0.2) is 287 Å². The number of hydrogen-bond donors (Lipinski definition) is 0. The van der Waals surface area contributed by atoms with Gasteiger partial charge in [-0.2, -0.15) is 0 Å². The summed E-state index contributed by atoms with van der Waals surface area (Å²) < 4.78 is 36.8. The number of amidine groups is 7. The molecule has 0 saturated heterocycles. The maximum atomic E-state index is 7.43. The molecule has 0 bridgehead atoms. The van der Waals surface area contributed by atoms with Crippen molar-refractivity contribution in [3.8, 4) is 46.0 Å². The zero-order valence-corrected chi connectivity index (χ0v) is 84.8. The van der Waals surface area contributed by atoms with Crippen molar-refractivity contribution in [1.82, 2.24) is 4.90 Å². The van der Waals surface area contributed by atoms with Gasteiger partial charge in [0.05, 0.1) is 22.3 Å². The van der Waals surface area contributed by atoms with Gasteiger partial charge < -0.3 is 20.4 Å². The minimum Gasteiger partial charge on any atom is -1.00 e. The van der Waals surface area contributed by atoms with Crippen molar-refractivity contribution in [3.05, 3.63) is 334 Å². The van der Waals surface area contributed by atoms with E-state index in [1.54, 1.807) is 0 Å². The summed E-state index contributed by atoms with van der Waals surface area (Å²) in [5, 5.41) is 0. The number of benzene rings is 8. The van der Waals surface area contributed by atoms with Gasteiger partial charge in [0, 0.05) is 5.56 Å². The standard InChI is InChI=1S/C117H137N8O4.Cs.H/c1-5-9-13-17-21-25-29-33-37-41-45-49-53-65-89-69-57-73-93(85-89)126-101-81-61-77-97-105(101)113-119-111-99-79-63-82-102(127-94-74-58-70-90(86-94)66-54-50-46-42-38-34-30-26-22-18-14-10-6-2)106(99)114-120-112-100-80-64-84-104(129-96-76-60-72-92(88-96)68-56-52-48-44-40-36-32-28-24-20-16-12-8-4)108(100)116-121-115-107-98(110-118-109(97)122(113)117(123(110)115,124(111)114)125(112)116)78-62-83-103(107)128-95-75-59-71-91(87-95)67-55-51-47-43-39-35-31-27-23-19-15-11-7-3;;/h13-20,25-32,57-64,69-88,115H,5-12,21-24,33-56,65-68H2,1-4H3;;/q+3;+1;-1/b17-13+,18-14+,19-15+,20-16+,29-25+,30-26+,31-27+,32-28+;;/t115?,117-;;/m1../s1. The van der Waals surface area contributed by atoms with Gasteiger partial charge >= 0.3 is 74.8 Å². The second-order valence-electron chi connectivity index (χ2n) is 35.9. The Labute approximate surface area is 836 Å². The second-order valence-corrected chi connectivity index (χ2v) is 35.9. The van der Waals surface area contributed by atoms with Crippen LogP contribution in [0.3, 0.4) is 0 Å². The van der Waals surface area contributed by atoms with E-state index in [-0.39, 0.29) is 70.3 Å². The third-order valence-corrected chi connectivity index (χ3v) is 26.0. The number of ether oxygens (including phenoxy) is 4. The van der Waals surface area contributed by atoms with E-state index in [4.69, 9.17) is 38.9 Å². The number of allylic oxidation sites excluding steroid dienone is 16. The number of aliphatic imine (C=N–C) groups is 4. The fourth-order valence-corrected chi connectivity index (χ4v) is 19.4. The number of unbranched alkanes of at least 4 members (excludes halogenated alkanes) is 24. The molecule has 0 saturated carbocycles. The Morgan fingerprint density at radius 2 is 0.577 bits per heavy atom. The predicted molar refractivity (Wildman–Crippen MR) is 536 cm³/mol. The van der Waals surface area contributed by atoms with E-state index in [0.29, 0.717) is 34.7 Å². The van der Waals surface area contributed by atoms with Crippen LogP contribution < -0.4 is 87.8 Å². The molecule has 8 aliphatic heterocycles. The van der Waals surface area contributed by atoms with Crippen LogP contribution in [0.4, 0.5) is 0 Å². The van der Waals surface area contributed by atoms with E-state index in [1.165, 1.54) is 151 Å². The first kappa shape index (κ1) is 95.0. The summed E-state index contributed by atoms with van der Waals surface area (Å²) in [4.78, 5) is 26.8. The first-order chi connectivity index (χ1) is 63.9. The summed E-state index contributed by atoms with van der Waals surface area (Å²) in [5.41, 5.74) is 12.2. The Morgan fingerprint density at radius 1 is 0.300 bits per heavy atom. The minimum absolute atomic E-state index is 0. The molecule has 1 unspecified atom stereocenters. The molecule has 0 N–H and O–H groups in total. The molecule has 13 heteroatoms. The third-order valence-electron chi connectivity index (χ3n) is 26.0. The molecule has 8 aromatic carbocycles. The molecule has 2 atom stereocenters. The maximum Gasteiger partial charge on any atom is 1.00 e. The van der Waals surface area contributed by atoms with Crippen molar-refractivity contribution >= 4 is 40.8 Å². The maximum absolute atomic E-state index is 7.43. The summed E-state index contributed by atoms with van der Waals surface area (Å²) >= 11 is 0. The number of hydrogen-bond acceptors (Lipinski definition) is 9. The Bertz CT molecular complexity index is 5730. The normalized spacial score (nSPS) is 16.3. The molecule has 8 heterocycles. The van der Waals surface area contributed by atoms with Gasteiger partial charge in [0.1, 0.15) is 62.7 Å². The Balaban J connectivity index is 0.00000691. The van der Waals surface area contributed by atoms with E-state index in [9.17, 15) is 0 Å². The quantitative estimate of drug-likeness (QED) is 0.0215. The van der Waals surface area contributed by atoms with Gasteiger partial charge in [0.2, 0.25) is 12.0 Å². The zero-order valence-electron chi connectivity index (χ0n) is 79.5. The topological polar surface area (TPSA) is 98.6 Å². The largest absolute Gasteiger partial charge is 1.00 e. The molecule has 130 heavy (non-hydrogen) atoms. The van der Waals surface area contributed by atoms with Crippen molar-refractivity contribution < 1.29 is 103 Å². The van der Waals surface area contributed by atoms with E-state index >= 15 is 0 Å². The van der Waals surface area contributed by atoms with E-state index < -0.39 is 12.1 Å². The first-order valence-electron chi connectivity index (χ1n) is 49.9. The number of fused-ring (bicyclic) bond motifs is 12. The van der Waals surface area contributed by atoms with Gasteiger partial charge in [0.15, 0.2) is 0 Å². The number of rotatable bonds is 56. The molecule has 16 rings (SSSR count). The molecule has 0 fully saturated rings. The molecule has 0 radical (unpaired) electrons. The fourth-order valence-electron chi connectivity index (χ4n) is 19.4. The van der Waals surface area contributed by atoms with Crippen molar-refractivity contribution in [1.29, 1.82) is 0 Å². The fraction of sp³-hybridized carbons (Fsp3) is 0.393. The predicted octanol–water partition coefficient (Wildman–Crippen LogP) is 28.1. The van der Waals surface area contributed by atoms with Crippen LogP contribution in [0.5, 0.6) is 46.0 Å². The number of nitrogens with zero attached hydrogens (tertiary/aromatic N) is 8. The SMILES string of the molecule is CCC/C=C/C/C=C/CCCCCCCc1cccc(Oc2cccc3c2C2=NC4=[N+]5C(=NC6=[N+]7C(=NC8c9c(Oc%10cccc(CCCCCCC/C=C/C/C=C/CCC)c%10)cccc9C9=NC3=[N+]2[C@@]57N98)c2c(Oc3cccc(CCCCCCC/C=C/C/C=C/CCC)c3)cccc26)c2c(Oc3cccc(CCCCCCC/C=C/C/C=C/CCC)c3)cccc24)c1.[Cs+].[H-]. The summed E-state index contributed by atoms with van der Waals surface area (Å²) in [7, 11) is 0. The smallest absolute Gasteiger partial charge is 1.00 e. The molecule has 0 aromatic heterocycles. The summed E-state index contributed by atoms with van der Waals surface area (Å²) in [6.07, 6.45) is 82.5. The van der Waals surface area contributed by atoms with Gasteiger partial charge in [0.25, 0.3) is 35.0 Å². The average Bonchev–Trinajstić information content (AvgIpc) is 1.46. The van der Waals surface area contributed by atoms with Crippen LogP contribution >= 0.6 is 0 Å². The monoisotopic (exact) mass is 1850 g/mol. The van der Waals surface area contributed by atoms with Crippen LogP contribution in [0.25, 0.3) is 0 Å². The molecule has 1 spiro atoms. The van der Waals surface area contributed by atoms with E-state index in [1.807, 2.05) is 0 Å². The molecule has 8 aliphatic rings. The van der Waals surface area contributed by atoms with E-state index in [0.717, 1.165) is 225 Å². The Morgan fingerprint density at radius 3 is 0.923 bits per heavy atom. The minimum atomic E-state index is -1.39. The van der Waals surface area contributed by atoms with Crippen molar-refractivity contribution in [2.24, 2.45) is 20.0 Å². The number of aryl methyl sites for hydroxylation is 4. The van der Waals surface area contributed by atoms with Gasteiger partial charge in [-0.25, -0.2) is 4.90 Å². The zero-order chi connectivity index (χ0) is 88.0.